The van der Waals surface area contributed by atoms with Gasteiger partial charge in [-0.3, -0.25) is 0 Å². The average Bonchev–Trinajstić information content (AvgIpc) is 2.43. The Balaban J connectivity index is 2.42. The van der Waals surface area contributed by atoms with Gasteiger partial charge in [-0.1, -0.05) is 22.9 Å². The third-order valence-electron chi connectivity index (χ3n) is 2.83. The van der Waals surface area contributed by atoms with Gasteiger partial charge in [-0.25, -0.2) is 15.8 Å². The number of nitrogens with one attached hydrogen (secondary N) is 2. The number of rotatable bonds is 4. The van der Waals surface area contributed by atoms with Gasteiger partial charge in [-0.2, -0.15) is 0 Å². The van der Waals surface area contributed by atoms with Crippen molar-refractivity contribution in [3.05, 3.63) is 38.5 Å². The summed E-state index contributed by atoms with van der Waals surface area (Å²) in [6.45, 7) is 3.92. The molecule has 0 fully saturated rings. The minimum Gasteiger partial charge on any atom is -0.339 e. The minimum atomic E-state index is 0.632. The van der Waals surface area contributed by atoms with E-state index in [1.54, 1.807) is 0 Å². The molecule has 0 radical (unpaired) electrons. The number of hydrazine groups is 1. The van der Waals surface area contributed by atoms with Crippen molar-refractivity contribution in [2.75, 3.05) is 10.7 Å². The third kappa shape index (κ3) is 3.28. The quantitative estimate of drug-likeness (QED) is 0.535. The second-order valence-corrected chi connectivity index (χ2v) is 5.98. The van der Waals surface area contributed by atoms with E-state index in [4.69, 9.17) is 5.84 Å². The number of halogens is 2. The Hall–Kier alpha value is -1.18. The summed E-state index contributed by atoms with van der Waals surface area (Å²) in [4.78, 5) is 8.85. The number of nitrogen functional groups attached to an aromatic ring is 1. The number of benzene rings is 1. The van der Waals surface area contributed by atoms with E-state index in [0.29, 0.717) is 5.82 Å². The molecule has 0 aliphatic rings. The summed E-state index contributed by atoms with van der Waals surface area (Å²) in [5.41, 5.74) is 4.41. The molecule has 1 heterocycles. The molecule has 2 aromatic rings. The number of anilines is 3. The van der Waals surface area contributed by atoms with E-state index in [2.05, 4.69) is 52.6 Å². The fourth-order valence-corrected chi connectivity index (χ4v) is 2.85. The molecule has 0 saturated heterocycles. The van der Waals surface area contributed by atoms with Crippen LogP contribution in [0, 0.1) is 6.92 Å². The van der Waals surface area contributed by atoms with E-state index in [1.807, 2.05) is 32.0 Å². The maximum Gasteiger partial charge on any atom is 0.148 e. The molecule has 4 N–H and O–H groups in total. The van der Waals surface area contributed by atoms with E-state index in [1.165, 1.54) is 0 Å². The highest BCUT2D eigenvalue weighted by molar-refractivity contribution is 9.11. The van der Waals surface area contributed by atoms with Crippen LogP contribution in [0.2, 0.25) is 0 Å². The fourth-order valence-electron chi connectivity index (χ4n) is 1.70. The van der Waals surface area contributed by atoms with Crippen molar-refractivity contribution >= 4 is 49.2 Å². The van der Waals surface area contributed by atoms with E-state index in [-0.39, 0.29) is 0 Å². The van der Waals surface area contributed by atoms with Gasteiger partial charge in [0.2, 0.25) is 0 Å². The highest BCUT2D eigenvalue weighted by atomic mass is 79.9. The zero-order valence-corrected chi connectivity index (χ0v) is 14.3. The van der Waals surface area contributed by atoms with Gasteiger partial charge in [0.05, 0.1) is 5.69 Å². The van der Waals surface area contributed by atoms with Gasteiger partial charge in [-0.15, -0.1) is 0 Å². The topological polar surface area (TPSA) is 75.9 Å². The van der Waals surface area contributed by atoms with Crippen LogP contribution in [0.3, 0.4) is 0 Å². The number of nitrogens with zero attached hydrogens (tertiary/aromatic N) is 2. The molecule has 0 aliphatic heterocycles. The molecule has 7 heteroatoms. The Labute approximate surface area is 134 Å². The third-order valence-corrected chi connectivity index (χ3v) is 3.98. The Morgan fingerprint density at radius 3 is 2.50 bits per heavy atom. The molecule has 106 valence electrons. The van der Waals surface area contributed by atoms with E-state index in [9.17, 15) is 0 Å². The molecule has 0 saturated carbocycles. The SMILES string of the molecule is CCc1nc(NN)c(C)c(Nc2ccc(Br)cc2Br)n1. The van der Waals surface area contributed by atoms with Crippen LogP contribution in [0.1, 0.15) is 18.3 Å². The van der Waals surface area contributed by atoms with Crippen molar-refractivity contribution in [1.29, 1.82) is 0 Å². The lowest BCUT2D eigenvalue weighted by molar-refractivity contribution is 0.932. The van der Waals surface area contributed by atoms with Crippen molar-refractivity contribution < 1.29 is 0 Å². The number of aromatic nitrogens is 2. The maximum absolute atomic E-state index is 5.50. The van der Waals surface area contributed by atoms with Crippen LogP contribution in [0.15, 0.2) is 27.1 Å². The smallest absolute Gasteiger partial charge is 0.148 e. The Bertz CT molecular complexity index is 630. The molecular weight excluding hydrogens is 386 g/mol. The Morgan fingerprint density at radius 2 is 1.90 bits per heavy atom. The fraction of sp³-hybridized carbons (Fsp3) is 0.231. The second kappa shape index (κ2) is 6.51. The first-order valence-electron chi connectivity index (χ1n) is 6.11. The molecule has 0 aliphatic carbocycles. The molecule has 0 bridgehead atoms. The monoisotopic (exact) mass is 399 g/mol. The molecule has 0 amide bonds. The van der Waals surface area contributed by atoms with E-state index >= 15 is 0 Å². The van der Waals surface area contributed by atoms with Gasteiger partial charge in [0.25, 0.3) is 0 Å². The number of nitrogens with two attached hydrogens (primary N) is 1. The van der Waals surface area contributed by atoms with Gasteiger partial charge >= 0.3 is 0 Å². The van der Waals surface area contributed by atoms with Gasteiger partial charge in [0, 0.05) is 20.9 Å². The molecule has 1 aromatic heterocycles. The average molecular weight is 401 g/mol. The molecule has 0 unspecified atom stereocenters. The highest BCUT2D eigenvalue weighted by Crippen LogP contribution is 2.30. The molecule has 5 nitrogen and oxygen atoms in total. The van der Waals surface area contributed by atoms with E-state index < -0.39 is 0 Å². The van der Waals surface area contributed by atoms with Crippen LogP contribution in [0.25, 0.3) is 0 Å². The molecule has 0 spiro atoms. The Kier molecular flexibility index (Phi) is 4.95. The van der Waals surface area contributed by atoms with E-state index in [0.717, 1.165) is 38.3 Å². The van der Waals surface area contributed by atoms with Crippen molar-refractivity contribution in [2.45, 2.75) is 20.3 Å². The zero-order chi connectivity index (χ0) is 14.7. The summed E-state index contributed by atoms with van der Waals surface area (Å²) in [5, 5.41) is 3.30. The van der Waals surface area contributed by atoms with Crippen LogP contribution in [0.4, 0.5) is 17.3 Å². The van der Waals surface area contributed by atoms with Crippen LogP contribution in [-0.4, -0.2) is 9.97 Å². The van der Waals surface area contributed by atoms with Crippen molar-refractivity contribution in [2.24, 2.45) is 5.84 Å². The zero-order valence-electron chi connectivity index (χ0n) is 11.2. The van der Waals surface area contributed by atoms with Crippen molar-refractivity contribution in [3.8, 4) is 0 Å². The molecule has 0 atom stereocenters. The van der Waals surface area contributed by atoms with Gasteiger partial charge in [0.1, 0.15) is 17.5 Å². The largest absolute Gasteiger partial charge is 0.339 e. The standard InChI is InChI=1S/C13H15Br2N5/c1-3-11-18-12(7(2)13(19-11)20-16)17-10-5-4-8(14)6-9(10)15/h4-6H,3,16H2,1-2H3,(H2,17,18,19,20). The Morgan fingerprint density at radius 1 is 1.20 bits per heavy atom. The highest BCUT2D eigenvalue weighted by Gasteiger charge is 2.11. The molecule has 20 heavy (non-hydrogen) atoms. The normalized spacial score (nSPS) is 10.4. The van der Waals surface area contributed by atoms with Crippen LogP contribution in [0.5, 0.6) is 0 Å². The van der Waals surface area contributed by atoms with Crippen LogP contribution >= 0.6 is 31.9 Å². The van der Waals surface area contributed by atoms with Crippen LogP contribution in [-0.2, 0) is 6.42 Å². The molecule has 2 rings (SSSR count). The predicted molar refractivity (Wildman–Crippen MR) is 89.1 cm³/mol. The number of aryl methyl sites for hydroxylation is 1. The summed E-state index contributed by atoms with van der Waals surface area (Å²) in [6.07, 6.45) is 0.741. The first kappa shape index (κ1) is 15.2. The molecular formula is C13H15Br2N5. The maximum atomic E-state index is 5.50. The summed E-state index contributed by atoms with van der Waals surface area (Å²) >= 11 is 6.96. The summed E-state index contributed by atoms with van der Waals surface area (Å²) in [7, 11) is 0. The number of hydrogen-bond acceptors (Lipinski definition) is 5. The van der Waals surface area contributed by atoms with Gasteiger partial charge in [0.15, 0.2) is 0 Å². The first-order valence-corrected chi connectivity index (χ1v) is 7.70. The lowest BCUT2D eigenvalue weighted by atomic mass is 10.2. The molecule has 1 aromatic carbocycles. The lowest BCUT2D eigenvalue weighted by Crippen LogP contribution is -2.14. The number of hydrogen-bond donors (Lipinski definition) is 3. The van der Waals surface area contributed by atoms with Crippen molar-refractivity contribution in [1.82, 2.24) is 9.97 Å². The summed E-state index contributed by atoms with van der Waals surface area (Å²) in [6, 6.07) is 5.91. The van der Waals surface area contributed by atoms with Crippen molar-refractivity contribution in [3.63, 3.8) is 0 Å². The predicted octanol–water partition coefficient (Wildman–Crippen LogP) is 3.90. The van der Waals surface area contributed by atoms with Crippen LogP contribution < -0.4 is 16.6 Å². The summed E-state index contributed by atoms with van der Waals surface area (Å²) in [5.74, 6) is 7.61. The summed E-state index contributed by atoms with van der Waals surface area (Å²) < 4.78 is 1.96. The lowest BCUT2D eigenvalue weighted by Gasteiger charge is -2.14. The second-order valence-electron chi connectivity index (χ2n) is 4.21. The van der Waals surface area contributed by atoms with Gasteiger partial charge in [-0.05, 0) is 41.1 Å². The van der Waals surface area contributed by atoms with Gasteiger partial charge < -0.3 is 10.7 Å². The minimum absolute atomic E-state index is 0.632. The first-order chi connectivity index (χ1) is 9.55.